The normalized spacial score (nSPS) is 17.1. The number of carbonyl (C=O) groups is 1. The van der Waals surface area contributed by atoms with Crippen LogP contribution in [-0.2, 0) is 17.6 Å². The number of fused-ring (bicyclic) bond motifs is 1. The predicted molar refractivity (Wildman–Crippen MR) is 69.8 cm³/mol. The molecule has 98 valence electrons. The van der Waals surface area contributed by atoms with Gasteiger partial charge in [-0.2, -0.15) is 4.98 Å². The molecule has 1 aliphatic rings. The van der Waals surface area contributed by atoms with Gasteiger partial charge < -0.3 is 4.52 Å². The van der Waals surface area contributed by atoms with Gasteiger partial charge >= 0.3 is 0 Å². The van der Waals surface area contributed by atoms with Gasteiger partial charge in [-0.25, -0.2) is 0 Å². The fourth-order valence-electron chi connectivity index (χ4n) is 2.32. The number of nitrogens with zero attached hydrogens (tertiary/aromatic N) is 2. The lowest BCUT2D eigenvalue weighted by Gasteiger charge is -2.27. The zero-order valence-electron chi connectivity index (χ0n) is 11.1. The summed E-state index contributed by atoms with van der Waals surface area (Å²) in [6.07, 6.45) is 1.19. The van der Waals surface area contributed by atoms with Crippen LogP contribution in [0.15, 0.2) is 28.8 Å². The molecule has 1 aliphatic carbocycles. The predicted octanol–water partition coefficient (Wildman–Crippen LogP) is 2.53. The van der Waals surface area contributed by atoms with Crippen LogP contribution in [0.2, 0.25) is 0 Å². The first-order valence-electron chi connectivity index (χ1n) is 6.58. The Morgan fingerprint density at radius 3 is 2.95 bits per heavy atom. The molecule has 0 bridgehead atoms. The smallest absolute Gasteiger partial charge is 0.234 e. The zero-order chi connectivity index (χ0) is 13.4. The van der Waals surface area contributed by atoms with E-state index >= 15 is 0 Å². The van der Waals surface area contributed by atoms with Crippen molar-refractivity contribution in [3.05, 3.63) is 47.1 Å². The second-order valence-electron chi connectivity index (χ2n) is 5.30. The average Bonchev–Trinajstić information content (AvgIpc) is 2.79. The van der Waals surface area contributed by atoms with E-state index in [4.69, 9.17) is 4.52 Å². The molecule has 0 amide bonds. The Kier molecular flexibility index (Phi) is 2.93. The molecule has 0 N–H and O–H groups in total. The van der Waals surface area contributed by atoms with Crippen molar-refractivity contribution >= 4 is 5.78 Å². The zero-order valence-corrected chi connectivity index (χ0v) is 11.1. The van der Waals surface area contributed by atoms with Crippen LogP contribution in [0.4, 0.5) is 0 Å². The molecule has 0 fully saturated rings. The maximum absolute atomic E-state index is 11.6. The molecule has 19 heavy (non-hydrogen) atoms. The summed E-state index contributed by atoms with van der Waals surface area (Å²) in [4.78, 5) is 16.0. The third-order valence-electron chi connectivity index (χ3n) is 3.62. The van der Waals surface area contributed by atoms with Crippen LogP contribution in [-0.4, -0.2) is 15.9 Å². The Bertz CT molecular complexity index is 616. The summed E-state index contributed by atoms with van der Waals surface area (Å²) in [5.41, 5.74) is 2.61. The van der Waals surface area contributed by atoms with Crippen molar-refractivity contribution < 1.29 is 9.32 Å². The van der Waals surface area contributed by atoms with E-state index in [0.717, 1.165) is 6.42 Å². The van der Waals surface area contributed by atoms with Crippen molar-refractivity contribution in [2.75, 3.05) is 0 Å². The van der Waals surface area contributed by atoms with Crippen LogP contribution in [0.1, 0.15) is 42.6 Å². The van der Waals surface area contributed by atoms with Crippen LogP contribution in [0.5, 0.6) is 0 Å². The average molecular weight is 256 g/mol. The molecule has 2 aromatic rings. The van der Waals surface area contributed by atoms with E-state index in [1.165, 1.54) is 11.1 Å². The molecule has 0 spiro atoms. The quantitative estimate of drug-likeness (QED) is 0.843. The first-order chi connectivity index (χ1) is 9.15. The van der Waals surface area contributed by atoms with E-state index in [0.29, 0.717) is 11.7 Å². The molecule has 3 rings (SSSR count). The lowest BCUT2D eigenvalue weighted by molar-refractivity contribution is -0.121. The highest BCUT2D eigenvalue weighted by Crippen LogP contribution is 2.38. The number of aromatic nitrogens is 2. The van der Waals surface area contributed by atoms with Crippen LogP contribution in [0.25, 0.3) is 0 Å². The summed E-state index contributed by atoms with van der Waals surface area (Å²) in [7, 11) is 0. The first kappa shape index (κ1) is 12.1. The number of rotatable bonds is 4. The molecule has 0 radical (unpaired) electrons. The maximum atomic E-state index is 11.6. The molecule has 4 heteroatoms. The number of hydrogen-bond acceptors (Lipinski definition) is 4. The van der Waals surface area contributed by atoms with Crippen LogP contribution >= 0.6 is 0 Å². The number of carbonyl (C=O) groups excluding carboxylic acids is 1. The maximum Gasteiger partial charge on any atom is 0.234 e. The number of ketones is 1. The third-order valence-corrected chi connectivity index (χ3v) is 3.62. The van der Waals surface area contributed by atoms with E-state index < -0.39 is 0 Å². The van der Waals surface area contributed by atoms with Crippen LogP contribution in [0.3, 0.4) is 0 Å². The summed E-state index contributed by atoms with van der Waals surface area (Å²) in [6.45, 7) is 3.75. The Morgan fingerprint density at radius 1 is 1.42 bits per heavy atom. The van der Waals surface area contributed by atoms with E-state index in [1.54, 1.807) is 0 Å². The van der Waals surface area contributed by atoms with Crippen molar-refractivity contribution in [1.29, 1.82) is 0 Å². The van der Waals surface area contributed by atoms with E-state index in [1.807, 2.05) is 26.0 Å². The fourth-order valence-corrected chi connectivity index (χ4v) is 2.32. The van der Waals surface area contributed by atoms with Gasteiger partial charge in [0.1, 0.15) is 5.78 Å². The molecular formula is C15H16N2O2. The third kappa shape index (κ3) is 2.18. The molecule has 1 aromatic heterocycles. The largest absolute Gasteiger partial charge is 0.339 e. The van der Waals surface area contributed by atoms with Gasteiger partial charge in [0.15, 0.2) is 5.82 Å². The minimum Gasteiger partial charge on any atom is -0.339 e. The molecule has 1 heterocycles. The van der Waals surface area contributed by atoms with Gasteiger partial charge in [0, 0.05) is 5.92 Å². The summed E-state index contributed by atoms with van der Waals surface area (Å²) in [5, 5.41) is 4.01. The number of benzene rings is 1. The van der Waals surface area contributed by atoms with E-state index in [9.17, 15) is 4.79 Å². The number of Topliss-reactive ketones (excluding diaryl/α,β-unsaturated/α-hetero) is 1. The molecule has 1 atom stereocenters. The molecular weight excluding hydrogens is 240 g/mol. The summed E-state index contributed by atoms with van der Waals surface area (Å²) in [6, 6.07) is 8.28. The monoisotopic (exact) mass is 256 g/mol. The highest BCUT2D eigenvalue weighted by Gasteiger charge is 2.31. The lowest BCUT2D eigenvalue weighted by Crippen LogP contribution is -2.19. The lowest BCUT2D eigenvalue weighted by atomic mass is 9.77. The van der Waals surface area contributed by atoms with Crippen molar-refractivity contribution in [2.45, 2.75) is 32.6 Å². The molecule has 0 saturated heterocycles. The minimum atomic E-state index is -0.000205. The molecule has 1 unspecified atom stereocenters. The van der Waals surface area contributed by atoms with E-state index in [-0.39, 0.29) is 24.0 Å². The van der Waals surface area contributed by atoms with Gasteiger partial charge in [-0.1, -0.05) is 43.3 Å². The summed E-state index contributed by atoms with van der Waals surface area (Å²) < 4.78 is 5.18. The summed E-state index contributed by atoms with van der Waals surface area (Å²) >= 11 is 0. The molecule has 1 aromatic carbocycles. The Hall–Kier alpha value is -1.97. The molecule has 4 nitrogen and oxygen atoms in total. The van der Waals surface area contributed by atoms with Crippen LogP contribution in [0, 0.1) is 5.92 Å². The van der Waals surface area contributed by atoms with Gasteiger partial charge in [0.2, 0.25) is 5.89 Å². The topological polar surface area (TPSA) is 56.0 Å². The highest BCUT2D eigenvalue weighted by atomic mass is 16.5. The Morgan fingerprint density at radius 2 is 2.21 bits per heavy atom. The minimum absolute atomic E-state index is 0.000205. The fraction of sp³-hybridized carbons (Fsp3) is 0.400. The standard InChI is InChI=1S/C15H16N2O2/c1-9(2)13(18)8-14-16-15(17-19-14)12-7-10-5-3-4-6-11(10)12/h3-6,9,12H,7-8H2,1-2H3. The number of hydrogen-bond donors (Lipinski definition) is 0. The Balaban J connectivity index is 1.75. The van der Waals surface area contributed by atoms with Gasteiger partial charge in [-0.15, -0.1) is 0 Å². The van der Waals surface area contributed by atoms with Gasteiger partial charge in [0.25, 0.3) is 0 Å². The van der Waals surface area contributed by atoms with Gasteiger partial charge in [-0.3, -0.25) is 4.79 Å². The van der Waals surface area contributed by atoms with Crippen molar-refractivity contribution in [3.63, 3.8) is 0 Å². The molecule has 0 saturated carbocycles. The van der Waals surface area contributed by atoms with Crippen molar-refractivity contribution in [1.82, 2.24) is 10.1 Å². The van der Waals surface area contributed by atoms with E-state index in [2.05, 4.69) is 22.3 Å². The summed E-state index contributed by atoms with van der Waals surface area (Å²) in [5.74, 6) is 1.48. The SMILES string of the molecule is CC(C)C(=O)Cc1nc(C2Cc3ccccc32)no1. The van der Waals surface area contributed by atoms with Crippen molar-refractivity contribution in [3.8, 4) is 0 Å². The highest BCUT2D eigenvalue weighted by molar-refractivity contribution is 5.81. The molecule has 0 aliphatic heterocycles. The van der Waals surface area contributed by atoms with Crippen molar-refractivity contribution in [2.24, 2.45) is 5.92 Å². The van der Waals surface area contributed by atoms with Gasteiger partial charge in [-0.05, 0) is 17.5 Å². The Labute approximate surface area is 111 Å². The second-order valence-corrected chi connectivity index (χ2v) is 5.30. The van der Waals surface area contributed by atoms with Gasteiger partial charge in [0.05, 0.1) is 12.3 Å². The second kappa shape index (κ2) is 4.61. The van der Waals surface area contributed by atoms with Crippen LogP contribution < -0.4 is 0 Å². The first-order valence-corrected chi connectivity index (χ1v) is 6.58.